The van der Waals surface area contributed by atoms with Gasteiger partial charge in [0.15, 0.2) is 10.8 Å². The summed E-state index contributed by atoms with van der Waals surface area (Å²) in [6.07, 6.45) is 1.65. The van der Waals surface area contributed by atoms with E-state index in [1.54, 1.807) is 25.4 Å². The summed E-state index contributed by atoms with van der Waals surface area (Å²) in [5, 5.41) is 7.51. The number of pyridine rings is 1. The quantitative estimate of drug-likeness (QED) is 0.568. The Balaban J connectivity index is 1.45. The van der Waals surface area contributed by atoms with Gasteiger partial charge in [-0.3, -0.25) is 14.3 Å². The van der Waals surface area contributed by atoms with Crippen LogP contribution in [0.2, 0.25) is 0 Å². The molecule has 0 atom stereocenters. The molecule has 1 aromatic carbocycles. The number of thiazole rings is 1. The van der Waals surface area contributed by atoms with Gasteiger partial charge in [-0.1, -0.05) is 18.2 Å². The summed E-state index contributed by atoms with van der Waals surface area (Å²) in [4.78, 5) is 33.2. The van der Waals surface area contributed by atoms with Crippen LogP contribution < -0.4 is 11.0 Å². The van der Waals surface area contributed by atoms with E-state index in [2.05, 4.69) is 20.4 Å². The van der Waals surface area contributed by atoms with E-state index >= 15 is 0 Å². The van der Waals surface area contributed by atoms with Crippen molar-refractivity contribution < 1.29 is 4.79 Å². The van der Waals surface area contributed by atoms with Crippen LogP contribution in [0, 0.1) is 0 Å². The topological polar surface area (TPSA) is 94.7 Å². The number of nitrogens with zero attached hydrogens (tertiary/aromatic N) is 5. The Labute approximate surface area is 158 Å². The molecule has 0 aliphatic carbocycles. The van der Waals surface area contributed by atoms with Crippen LogP contribution in [-0.4, -0.2) is 36.8 Å². The zero-order chi connectivity index (χ0) is 18.8. The predicted molar refractivity (Wildman–Crippen MR) is 103 cm³/mol. The SMILES string of the molecule is Cn1c(-c2ccccn2)nn(CCNC(=O)c2nc3ccccc3s2)c1=O. The lowest BCUT2D eigenvalue weighted by Crippen LogP contribution is -2.31. The molecule has 8 nitrogen and oxygen atoms in total. The van der Waals surface area contributed by atoms with Crippen molar-refractivity contribution in [3.63, 3.8) is 0 Å². The van der Waals surface area contributed by atoms with E-state index in [4.69, 9.17) is 0 Å². The number of carbonyl (C=O) groups excluding carboxylic acids is 1. The zero-order valence-electron chi connectivity index (χ0n) is 14.5. The molecule has 3 heterocycles. The third-order valence-corrected chi connectivity index (χ3v) is 5.07. The van der Waals surface area contributed by atoms with Crippen molar-refractivity contribution >= 4 is 27.5 Å². The minimum atomic E-state index is -0.259. The van der Waals surface area contributed by atoms with Crippen molar-refractivity contribution in [2.45, 2.75) is 6.54 Å². The number of aromatic nitrogens is 5. The van der Waals surface area contributed by atoms with E-state index in [1.807, 2.05) is 30.3 Å². The highest BCUT2D eigenvalue weighted by atomic mass is 32.1. The van der Waals surface area contributed by atoms with Crippen LogP contribution in [0.4, 0.5) is 0 Å². The molecule has 0 unspecified atom stereocenters. The van der Waals surface area contributed by atoms with Crippen molar-refractivity contribution in [2.24, 2.45) is 7.05 Å². The monoisotopic (exact) mass is 380 g/mol. The van der Waals surface area contributed by atoms with Gasteiger partial charge in [0.2, 0.25) is 0 Å². The summed E-state index contributed by atoms with van der Waals surface area (Å²) < 4.78 is 3.73. The molecule has 0 aliphatic rings. The molecule has 0 saturated carbocycles. The third kappa shape index (κ3) is 3.36. The Morgan fingerprint density at radius 3 is 2.78 bits per heavy atom. The summed E-state index contributed by atoms with van der Waals surface area (Å²) in [6.45, 7) is 0.531. The van der Waals surface area contributed by atoms with Gasteiger partial charge in [0.1, 0.15) is 5.69 Å². The summed E-state index contributed by atoms with van der Waals surface area (Å²) in [5.41, 5.74) is 1.16. The van der Waals surface area contributed by atoms with Crippen LogP contribution in [0.25, 0.3) is 21.7 Å². The fourth-order valence-corrected chi connectivity index (χ4v) is 3.55. The largest absolute Gasteiger partial charge is 0.348 e. The number of rotatable bonds is 5. The van der Waals surface area contributed by atoms with Gasteiger partial charge in [-0.15, -0.1) is 16.4 Å². The van der Waals surface area contributed by atoms with Gasteiger partial charge in [-0.05, 0) is 24.3 Å². The minimum Gasteiger partial charge on any atom is -0.348 e. The Hall–Kier alpha value is -3.33. The second-order valence-corrected chi connectivity index (χ2v) is 6.88. The molecule has 0 spiro atoms. The molecule has 0 saturated heterocycles. The molecule has 3 aromatic heterocycles. The number of fused-ring (bicyclic) bond motifs is 1. The molecular weight excluding hydrogens is 364 g/mol. The Bertz CT molecular complexity index is 1130. The number of para-hydroxylation sites is 1. The van der Waals surface area contributed by atoms with Gasteiger partial charge in [0, 0.05) is 19.8 Å². The van der Waals surface area contributed by atoms with E-state index in [0.29, 0.717) is 16.5 Å². The predicted octanol–water partition coefficient (Wildman–Crippen LogP) is 1.68. The average Bonchev–Trinajstić information content (AvgIpc) is 3.25. The van der Waals surface area contributed by atoms with Crippen molar-refractivity contribution in [2.75, 3.05) is 6.54 Å². The average molecular weight is 380 g/mol. The molecule has 9 heteroatoms. The summed E-state index contributed by atoms with van der Waals surface area (Å²) in [7, 11) is 1.65. The maximum Gasteiger partial charge on any atom is 0.346 e. The van der Waals surface area contributed by atoms with Crippen LogP contribution in [-0.2, 0) is 13.6 Å². The van der Waals surface area contributed by atoms with Crippen LogP contribution in [0.1, 0.15) is 9.80 Å². The normalized spacial score (nSPS) is 11.0. The molecule has 1 N–H and O–H groups in total. The molecule has 136 valence electrons. The molecule has 0 aliphatic heterocycles. The molecule has 1 amide bonds. The lowest BCUT2D eigenvalue weighted by molar-refractivity contribution is 0.0951. The first kappa shape index (κ1) is 17.1. The standard InChI is InChI=1S/C18H16N6O2S/c1-23-15(13-7-4-5-9-19-13)22-24(18(23)26)11-10-20-16(25)17-21-12-6-2-3-8-14(12)27-17/h2-9H,10-11H2,1H3,(H,20,25). The summed E-state index contributed by atoms with van der Waals surface area (Å²) >= 11 is 1.34. The first-order valence-corrected chi connectivity index (χ1v) is 9.14. The van der Waals surface area contributed by atoms with E-state index in [1.165, 1.54) is 20.6 Å². The van der Waals surface area contributed by atoms with Crippen molar-refractivity contribution in [3.05, 3.63) is 64.2 Å². The number of nitrogens with one attached hydrogen (secondary N) is 1. The van der Waals surface area contributed by atoms with E-state index < -0.39 is 0 Å². The van der Waals surface area contributed by atoms with Gasteiger partial charge in [-0.2, -0.15) is 0 Å². The van der Waals surface area contributed by atoms with Crippen molar-refractivity contribution in [3.8, 4) is 11.5 Å². The second-order valence-electron chi connectivity index (χ2n) is 5.85. The van der Waals surface area contributed by atoms with Crippen LogP contribution in [0.15, 0.2) is 53.5 Å². The van der Waals surface area contributed by atoms with Gasteiger partial charge < -0.3 is 5.32 Å². The first-order valence-electron chi connectivity index (χ1n) is 8.32. The maximum atomic E-state index is 12.3. The molecule has 0 fully saturated rings. The zero-order valence-corrected chi connectivity index (χ0v) is 15.3. The van der Waals surface area contributed by atoms with Gasteiger partial charge in [0.25, 0.3) is 5.91 Å². The van der Waals surface area contributed by atoms with Gasteiger partial charge in [0.05, 0.1) is 16.8 Å². The number of benzene rings is 1. The Morgan fingerprint density at radius 2 is 2.00 bits per heavy atom. The van der Waals surface area contributed by atoms with E-state index in [0.717, 1.165) is 10.2 Å². The highest BCUT2D eigenvalue weighted by molar-refractivity contribution is 7.20. The molecule has 27 heavy (non-hydrogen) atoms. The van der Waals surface area contributed by atoms with E-state index in [-0.39, 0.29) is 24.7 Å². The number of carbonyl (C=O) groups is 1. The third-order valence-electron chi connectivity index (χ3n) is 4.03. The minimum absolute atomic E-state index is 0.259. The summed E-state index contributed by atoms with van der Waals surface area (Å²) in [5.74, 6) is 0.225. The number of hydrogen-bond donors (Lipinski definition) is 1. The molecule has 4 aromatic rings. The number of amides is 1. The highest BCUT2D eigenvalue weighted by Gasteiger charge is 2.14. The van der Waals surface area contributed by atoms with Crippen LogP contribution >= 0.6 is 11.3 Å². The fourth-order valence-electron chi connectivity index (χ4n) is 2.67. The highest BCUT2D eigenvalue weighted by Crippen LogP contribution is 2.21. The first-order chi connectivity index (χ1) is 13.1. The van der Waals surface area contributed by atoms with Gasteiger partial charge in [-0.25, -0.2) is 14.5 Å². The van der Waals surface area contributed by atoms with Crippen LogP contribution in [0.5, 0.6) is 0 Å². The van der Waals surface area contributed by atoms with Gasteiger partial charge >= 0.3 is 5.69 Å². The second kappa shape index (κ2) is 7.12. The van der Waals surface area contributed by atoms with Crippen molar-refractivity contribution in [1.29, 1.82) is 0 Å². The smallest absolute Gasteiger partial charge is 0.346 e. The molecule has 0 bridgehead atoms. The molecule has 0 radical (unpaired) electrons. The number of hydrogen-bond acceptors (Lipinski definition) is 6. The van der Waals surface area contributed by atoms with Crippen LogP contribution in [0.3, 0.4) is 0 Å². The molecule has 4 rings (SSSR count). The maximum absolute atomic E-state index is 12.3. The fraction of sp³-hybridized carbons (Fsp3) is 0.167. The molecular formula is C18H16N6O2S. The van der Waals surface area contributed by atoms with Crippen molar-refractivity contribution in [1.82, 2.24) is 29.6 Å². The van der Waals surface area contributed by atoms with E-state index in [9.17, 15) is 9.59 Å². The Morgan fingerprint density at radius 1 is 1.19 bits per heavy atom. The summed E-state index contributed by atoms with van der Waals surface area (Å²) in [6, 6.07) is 13.0. The Kier molecular flexibility index (Phi) is 4.51. The lowest BCUT2D eigenvalue weighted by atomic mass is 10.3. The lowest BCUT2D eigenvalue weighted by Gasteiger charge is -2.02.